The summed E-state index contributed by atoms with van der Waals surface area (Å²) in [7, 11) is 0. The molecule has 1 atom stereocenters. The molecule has 1 saturated carbocycles. The van der Waals surface area contributed by atoms with E-state index in [-0.39, 0.29) is 11.9 Å². The minimum atomic E-state index is -0.331. The highest BCUT2D eigenvalue weighted by Gasteiger charge is 2.26. The average Bonchev–Trinajstić information content (AvgIpc) is 2.84. The summed E-state index contributed by atoms with van der Waals surface area (Å²) in [6.45, 7) is 2.40. The molecule has 116 valence electrons. The molecule has 0 radical (unpaired) electrons. The summed E-state index contributed by atoms with van der Waals surface area (Å²) in [5.74, 6) is 0.769. The molecule has 2 heterocycles. The molecule has 1 aromatic rings. The summed E-state index contributed by atoms with van der Waals surface area (Å²) < 4.78 is 2.14. The number of amides is 1. The monoisotopic (exact) mass is 290 g/mol. The van der Waals surface area contributed by atoms with Crippen molar-refractivity contribution in [2.75, 3.05) is 6.54 Å². The quantitative estimate of drug-likeness (QED) is 0.925. The van der Waals surface area contributed by atoms with Crippen molar-refractivity contribution in [2.45, 2.75) is 64.1 Å². The fourth-order valence-corrected chi connectivity index (χ4v) is 3.69. The minimum Gasteiger partial charge on any atom is -0.335 e. The van der Waals surface area contributed by atoms with Crippen molar-refractivity contribution in [3.63, 3.8) is 0 Å². The maximum Gasteiger partial charge on any atom is 0.239 e. The van der Waals surface area contributed by atoms with Crippen LogP contribution in [0.4, 0.5) is 0 Å². The third-order valence-electron chi connectivity index (χ3n) is 4.92. The lowest BCUT2D eigenvalue weighted by Crippen LogP contribution is -2.44. The van der Waals surface area contributed by atoms with Gasteiger partial charge in [0.05, 0.1) is 24.6 Å². The lowest BCUT2D eigenvalue weighted by Gasteiger charge is -2.28. The van der Waals surface area contributed by atoms with Crippen molar-refractivity contribution in [3.05, 3.63) is 18.2 Å². The number of carbonyl (C=O) groups excluding carboxylic acids is 1. The second-order valence-corrected chi connectivity index (χ2v) is 6.54. The Kier molecular flexibility index (Phi) is 4.58. The van der Waals surface area contributed by atoms with Gasteiger partial charge in [-0.15, -0.1) is 0 Å². The predicted molar refractivity (Wildman–Crippen MR) is 81.4 cm³/mol. The largest absolute Gasteiger partial charge is 0.335 e. The zero-order valence-electron chi connectivity index (χ0n) is 12.7. The van der Waals surface area contributed by atoms with Gasteiger partial charge >= 0.3 is 0 Å². The molecular formula is C16H26N4O. The van der Waals surface area contributed by atoms with Crippen LogP contribution in [0.15, 0.2) is 12.5 Å². The zero-order valence-corrected chi connectivity index (χ0v) is 12.7. The predicted octanol–water partition coefficient (Wildman–Crippen LogP) is 1.91. The standard InChI is InChI=1S/C16H26N4O/c17-15(9-13-5-2-1-3-6-13)16(21)19-7-4-8-20-12-18-10-14(20)11-19/h10,12-13,15H,1-9,11,17H2/t15-/m0/s1. The number of fused-ring (bicyclic) bond motifs is 1. The van der Waals surface area contributed by atoms with Crippen molar-refractivity contribution in [2.24, 2.45) is 11.7 Å². The number of carbonyl (C=O) groups is 1. The summed E-state index contributed by atoms with van der Waals surface area (Å²) in [5.41, 5.74) is 7.33. The molecule has 5 nitrogen and oxygen atoms in total. The average molecular weight is 290 g/mol. The normalized spacial score (nSPS) is 21.7. The lowest BCUT2D eigenvalue weighted by molar-refractivity contribution is -0.133. The van der Waals surface area contributed by atoms with E-state index in [1.165, 1.54) is 32.1 Å². The Labute approximate surface area is 126 Å². The topological polar surface area (TPSA) is 64.2 Å². The number of nitrogens with zero attached hydrogens (tertiary/aromatic N) is 3. The molecule has 1 aromatic heterocycles. The molecule has 1 aliphatic heterocycles. The third kappa shape index (κ3) is 3.46. The Morgan fingerprint density at radius 2 is 2.10 bits per heavy atom. The molecule has 5 heteroatoms. The van der Waals surface area contributed by atoms with Crippen LogP contribution >= 0.6 is 0 Å². The van der Waals surface area contributed by atoms with Crippen LogP contribution in [0.3, 0.4) is 0 Å². The van der Waals surface area contributed by atoms with Crippen LogP contribution in [0, 0.1) is 5.92 Å². The first-order valence-corrected chi connectivity index (χ1v) is 8.27. The van der Waals surface area contributed by atoms with E-state index in [9.17, 15) is 4.79 Å². The van der Waals surface area contributed by atoms with E-state index in [4.69, 9.17) is 5.73 Å². The second-order valence-electron chi connectivity index (χ2n) is 6.54. The lowest BCUT2D eigenvalue weighted by atomic mass is 9.85. The smallest absolute Gasteiger partial charge is 0.239 e. The van der Waals surface area contributed by atoms with Gasteiger partial charge in [-0.3, -0.25) is 4.79 Å². The van der Waals surface area contributed by atoms with E-state index >= 15 is 0 Å². The van der Waals surface area contributed by atoms with Gasteiger partial charge in [0.15, 0.2) is 0 Å². The Balaban J connectivity index is 1.58. The highest BCUT2D eigenvalue weighted by molar-refractivity contribution is 5.81. The van der Waals surface area contributed by atoms with Gasteiger partial charge in [-0.1, -0.05) is 32.1 Å². The number of imidazole rings is 1. The van der Waals surface area contributed by atoms with Gasteiger partial charge in [0.1, 0.15) is 0 Å². The molecule has 0 spiro atoms. The maximum absolute atomic E-state index is 12.6. The molecule has 0 unspecified atom stereocenters. The van der Waals surface area contributed by atoms with Gasteiger partial charge in [-0.05, 0) is 18.8 Å². The van der Waals surface area contributed by atoms with Crippen LogP contribution in [-0.2, 0) is 17.9 Å². The summed E-state index contributed by atoms with van der Waals surface area (Å²) >= 11 is 0. The van der Waals surface area contributed by atoms with E-state index in [1.807, 2.05) is 17.4 Å². The second kappa shape index (κ2) is 6.60. The number of aromatic nitrogens is 2. The van der Waals surface area contributed by atoms with E-state index in [1.54, 1.807) is 0 Å². The minimum absolute atomic E-state index is 0.121. The fourth-order valence-electron chi connectivity index (χ4n) is 3.69. The molecule has 1 fully saturated rings. The Morgan fingerprint density at radius 1 is 1.29 bits per heavy atom. The van der Waals surface area contributed by atoms with Crippen LogP contribution in [0.5, 0.6) is 0 Å². The van der Waals surface area contributed by atoms with Crippen LogP contribution < -0.4 is 5.73 Å². The van der Waals surface area contributed by atoms with E-state index in [0.717, 1.165) is 31.6 Å². The van der Waals surface area contributed by atoms with E-state index in [2.05, 4.69) is 9.55 Å². The highest BCUT2D eigenvalue weighted by atomic mass is 16.2. The van der Waals surface area contributed by atoms with Gasteiger partial charge in [0.2, 0.25) is 5.91 Å². The summed E-state index contributed by atoms with van der Waals surface area (Å²) in [6, 6.07) is -0.331. The number of nitrogens with two attached hydrogens (primary N) is 1. The molecule has 1 aliphatic carbocycles. The Bertz CT molecular complexity index is 478. The molecule has 2 aliphatic rings. The van der Waals surface area contributed by atoms with E-state index < -0.39 is 0 Å². The van der Waals surface area contributed by atoms with Crippen molar-refractivity contribution in [1.29, 1.82) is 0 Å². The molecule has 2 N–H and O–H groups in total. The Hall–Kier alpha value is -1.36. The first-order chi connectivity index (χ1) is 10.2. The molecule has 0 aromatic carbocycles. The third-order valence-corrected chi connectivity index (χ3v) is 4.92. The number of hydrogen-bond acceptors (Lipinski definition) is 3. The van der Waals surface area contributed by atoms with Crippen LogP contribution in [0.1, 0.15) is 50.6 Å². The first kappa shape index (κ1) is 14.6. The summed E-state index contributed by atoms with van der Waals surface area (Å²) in [5, 5.41) is 0. The van der Waals surface area contributed by atoms with Crippen LogP contribution in [0.25, 0.3) is 0 Å². The maximum atomic E-state index is 12.6. The summed E-state index contributed by atoms with van der Waals surface area (Å²) in [6.07, 6.45) is 12.0. The Morgan fingerprint density at radius 3 is 2.90 bits per heavy atom. The van der Waals surface area contributed by atoms with Gasteiger partial charge in [0, 0.05) is 19.3 Å². The molecule has 3 rings (SSSR count). The number of rotatable bonds is 3. The van der Waals surface area contributed by atoms with Gasteiger partial charge in [-0.2, -0.15) is 0 Å². The van der Waals surface area contributed by atoms with Crippen molar-refractivity contribution < 1.29 is 4.79 Å². The van der Waals surface area contributed by atoms with Crippen molar-refractivity contribution in [1.82, 2.24) is 14.5 Å². The first-order valence-electron chi connectivity index (χ1n) is 8.27. The number of hydrogen-bond donors (Lipinski definition) is 1. The molecule has 1 amide bonds. The van der Waals surface area contributed by atoms with Crippen LogP contribution in [-0.4, -0.2) is 32.9 Å². The SMILES string of the molecule is N[C@@H](CC1CCCCC1)C(=O)N1CCCn2cncc2C1. The van der Waals surface area contributed by atoms with Crippen molar-refractivity contribution >= 4 is 5.91 Å². The molecule has 0 saturated heterocycles. The molecular weight excluding hydrogens is 264 g/mol. The highest BCUT2D eigenvalue weighted by Crippen LogP contribution is 2.27. The zero-order chi connectivity index (χ0) is 14.7. The fraction of sp³-hybridized carbons (Fsp3) is 0.750. The van der Waals surface area contributed by atoms with Crippen molar-refractivity contribution in [3.8, 4) is 0 Å². The number of aryl methyl sites for hydroxylation is 1. The van der Waals surface area contributed by atoms with E-state index in [0.29, 0.717) is 12.5 Å². The van der Waals surface area contributed by atoms with Gasteiger partial charge in [-0.25, -0.2) is 4.98 Å². The van der Waals surface area contributed by atoms with Gasteiger partial charge < -0.3 is 15.2 Å². The molecule has 21 heavy (non-hydrogen) atoms. The summed E-state index contributed by atoms with van der Waals surface area (Å²) in [4.78, 5) is 18.7. The van der Waals surface area contributed by atoms with Crippen LogP contribution in [0.2, 0.25) is 0 Å². The molecule has 0 bridgehead atoms. The van der Waals surface area contributed by atoms with Gasteiger partial charge in [0.25, 0.3) is 0 Å².